The first kappa shape index (κ1) is 25.0. The number of anilines is 1. The van der Waals surface area contributed by atoms with Gasteiger partial charge in [0.05, 0.1) is 19.2 Å². The van der Waals surface area contributed by atoms with Gasteiger partial charge >= 0.3 is 0 Å². The fraction of sp³-hybridized carbons (Fsp3) is 0.107. The van der Waals surface area contributed by atoms with Gasteiger partial charge in [-0.1, -0.05) is 65.9 Å². The molecule has 0 unspecified atom stereocenters. The van der Waals surface area contributed by atoms with Crippen LogP contribution in [0, 0.1) is 12.7 Å². The van der Waals surface area contributed by atoms with Crippen LogP contribution in [0.25, 0.3) is 10.9 Å². The van der Waals surface area contributed by atoms with Gasteiger partial charge in [-0.05, 0) is 30.7 Å². The molecule has 3 aromatic carbocycles. The number of para-hydroxylation sites is 1. The Morgan fingerprint density at radius 2 is 1.79 bits per heavy atom. The van der Waals surface area contributed by atoms with Crippen LogP contribution in [-0.2, 0) is 17.8 Å². The van der Waals surface area contributed by atoms with E-state index in [-0.39, 0.29) is 24.1 Å². The third-order valence-electron chi connectivity index (χ3n) is 5.90. The van der Waals surface area contributed by atoms with Crippen LogP contribution in [0.1, 0.15) is 32.1 Å². The average Bonchev–Trinajstić information content (AvgIpc) is 3.49. The molecule has 5 aromatic rings. The number of carbonyl (C=O) groups excluding carboxylic acids is 2. The summed E-state index contributed by atoms with van der Waals surface area (Å²) in [5, 5.41) is 16.5. The number of benzene rings is 3. The quantitative estimate of drug-likeness (QED) is 0.221. The molecule has 0 saturated heterocycles. The number of nitrogens with one attached hydrogen (secondary N) is 2. The van der Waals surface area contributed by atoms with E-state index in [0.29, 0.717) is 27.8 Å². The topological polar surface area (TPSA) is 101 Å². The highest BCUT2D eigenvalue weighted by Crippen LogP contribution is 2.22. The van der Waals surface area contributed by atoms with Crippen molar-refractivity contribution in [2.45, 2.75) is 19.9 Å². The van der Waals surface area contributed by atoms with Crippen molar-refractivity contribution in [2.75, 3.05) is 5.32 Å². The Morgan fingerprint density at radius 3 is 2.63 bits per heavy atom. The molecule has 0 aliphatic carbocycles. The number of hydrazone groups is 1. The number of hydrogen-bond donors (Lipinski definition) is 2. The molecule has 2 heterocycles. The van der Waals surface area contributed by atoms with Gasteiger partial charge in [0, 0.05) is 33.8 Å². The van der Waals surface area contributed by atoms with Crippen molar-refractivity contribution in [1.29, 1.82) is 0 Å². The van der Waals surface area contributed by atoms with Crippen LogP contribution in [0.4, 0.5) is 9.52 Å². The first-order valence-corrected chi connectivity index (χ1v) is 12.6. The number of aromatic nitrogens is 3. The number of aryl methyl sites for hydroxylation is 1. The maximum Gasteiger partial charge on any atom is 0.257 e. The van der Waals surface area contributed by atoms with Crippen LogP contribution in [0.3, 0.4) is 0 Å². The van der Waals surface area contributed by atoms with Gasteiger partial charge in [0.2, 0.25) is 11.0 Å². The van der Waals surface area contributed by atoms with Crippen molar-refractivity contribution >= 4 is 45.4 Å². The van der Waals surface area contributed by atoms with Crippen LogP contribution in [0.15, 0.2) is 84.1 Å². The molecular weight excluding hydrogens is 503 g/mol. The zero-order chi connectivity index (χ0) is 26.5. The maximum atomic E-state index is 14.2. The summed E-state index contributed by atoms with van der Waals surface area (Å²) in [5.41, 5.74) is 6.20. The van der Waals surface area contributed by atoms with E-state index in [4.69, 9.17) is 0 Å². The third-order valence-corrected chi connectivity index (χ3v) is 6.74. The summed E-state index contributed by atoms with van der Waals surface area (Å²) < 4.78 is 16.1. The minimum Gasteiger partial charge on any atom is -0.342 e. The van der Waals surface area contributed by atoms with Crippen LogP contribution in [-0.4, -0.2) is 32.8 Å². The number of amides is 2. The molecule has 2 N–H and O–H groups in total. The van der Waals surface area contributed by atoms with Gasteiger partial charge in [0.1, 0.15) is 10.8 Å². The fourth-order valence-corrected chi connectivity index (χ4v) is 4.77. The molecule has 190 valence electrons. The molecule has 0 saturated carbocycles. The predicted octanol–water partition coefficient (Wildman–Crippen LogP) is 4.93. The van der Waals surface area contributed by atoms with Crippen LogP contribution in [0.2, 0.25) is 0 Å². The molecule has 0 aliphatic heterocycles. The number of hydrogen-bond acceptors (Lipinski definition) is 6. The van der Waals surface area contributed by atoms with Gasteiger partial charge in [-0.3, -0.25) is 14.9 Å². The molecular formula is C28H23FN6O2S. The zero-order valence-electron chi connectivity index (χ0n) is 20.4. The van der Waals surface area contributed by atoms with Crippen LogP contribution >= 0.6 is 11.3 Å². The Bertz CT molecular complexity index is 1660. The molecule has 0 atom stereocenters. The fourth-order valence-electron chi connectivity index (χ4n) is 4.04. The molecule has 0 radical (unpaired) electrons. The molecule has 38 heavy (non-hydrogen) atoms. The van der Waals surface area contributed by atoms with Gasteiger partial charge in [-0.25, -0.2) is 9.82 Å². The minimum absolute atomic E-state index is 0.0374. The maximum absolute atomic E-state index is 14.2. The van der Waals surface area contributed by atoms with E-state index in [1.807, 2.05) is 54.1 Å². The van der Waals surface area contributed by atoms with Gasteiger partial charge < -0.3 is 4.57 Å². The Balaban J connectivity index is 1.22. The lowest BCUT2D eigenvalue weighted by atomic mass is 10.1. The molecule has 8 nitrogen and oxygen atoms in total. The lowest BCUT2D eigenvalue weighted by Crippen LogP contribution is -2.19. The van der Waals surface area contributed by atoms with Gasteiger partial charge in [-0.15, -0.1) is 10.2 Å². The molecule has 2 aromatic heterocycles. The van der Waals surface area contributed by atoms with Crippen molar-refractivity contribution < 1.29 is 14.0 Å². The molecule has 2 amide bonds. The Labute approximate surface area is 221 Å². The molecule has 0 aliphatic rings. The SMILES string of the molecule is Cc1ccccc1C(=O)Nc1nnc(CC(=O)N/N=C\c2cn(Cc3ccccc3F)c3ccccc23)s1. The van der Waals surface area contributed by atoms with Crippen molar-refractivity contribution in [2.24, 2.45) is 5.10 Å². The Hall–Kier alpha value is -4.70. The van der Waals surface area contributed by atoms with E-state index >= 15 is 0 Å². The first-order valence-electron chi connectivity index (χ1n) is 11.8. The first-order chi connectivity index (χ1) is 18.5. The zero-order valence-corrected chi connectivity index (χ0v) is 21.2. The molecule has 0 spiro atoms. The standard InChI is InChI=1S/C28H23FN6O2S/c1-18-8-2-4-10-21(18)27(37)31-28-34-33-26(38-28)14-25(36)32-30-15-20-17-35(24-13-7-5-11-22(20)24)16-19-9-3-6-12-23(19)29/h2-13,15,17H,14,16H2,1H3,(H,32,36)(H,31,34,37)/b30-15-. The highest BCUT2D eigenvalue weighted by molar-refractivity contribution is 7.15. The Kier molecular flexibility index (Phi) is 7.32. The normalized spacial score (nSPS) is 11.2. The second kappa shape index (κ2) is 11.1. The summed E-state index contributed by atoms with van der Waals surface area (Å²) in [6, 6.07) is 21.6. The highest BCUT2D eigenvalue weighted by Gasteiger charge is 2.14. The number of nitrogens with zero attached hydrogens (tertiary/aromatic N) is 4. The lowest BCUT2D eigenvalue weighted by Gasteiger charge is -2.06. The summed E-state index contributed by atoms with van der Waals surface area (Å²) in [6.45, 7) is 2.22. The molecule has 5 rings (SSSR count). The Morgan fingerprint density at radius 1 is 1.03 bits per heavy atom. The highest BCUT2D eigenvalue weighted by atomic mass is 32.1. The van der Waals surface area contributed by atoms with Crippen molar-refractivity contribution in [3.63, 3.8) is 0 Å². The van der Waals surface area contributed by atoms with Gasteiger partial charge in [0.15, 0.2) is 0 Å². The van der Waals surface area contributed by atoms with Crippen LogP contribution < -0.4 is 10.7 Å². The number of carbonyl (C=O) groups is 2. The average molecular weight is 527 g/mol. The van der Waals surface area contributed by atoms with E-state index in [9.17, 15) is 14.0 Å². The smallest absolute Gasteiger partial charge is 0.257 e. The largest absolute Gasteiger partial charge is 0.342 e. The molecule has 10 heteroatoms. The second-order valence-corrected chi connectivity index (χ2v) is 9.62. The molecule has 0 fully saturated rings. The summed E-state index contributed by atoms with van der Waals surface area (Å²) in [4.78, 5) is 24.9. The predicted molar refractivity (Wildman–Crippen MR) is 146 cm³/mol. The summed E-state index contributed by atoms with van der Waals surface area (Å²) in [7, 11) is 0. The summed E-state index contributed by atoms with van der Waals surface area (Å²) in [6.07, 6.45) is 3.40. The van der Waals surface area contributed by atoms with Crippen molar-refractivity contribution in [3.8, 4) is 0 Å². The molecule has 0 bridgehead atoms. The third kappa shape index (κ3) is 5.65. The minimum atomic E-state index is -0.371. The van der Waals surface area contributed by atoms with Crippen LogP contribution in [0.5, 0.6) is 0 Å². The monoisotopic (exact) mass is 526 g/mol. The summed E-state index contributed by atoms with van der Waals surface area (Å²) in [5.74, 6) is -0.916. The van der Waals surface area contributed by atoms with E-state index in [2.05, 4.69) is 26.0 Å². The van der Waals surface area contributed by atoms with E-state index < -0.39 is 0 Å². The number of rotatable bonds is 8. The van der Waals surface area contributed by atoms with E-state index in [0.717, 1.165) is 33.4 Å². The van der Waals surface area contributed by atoms with Gasteiger partial charge in [0.25, 0.3) is 5.91 Å². The van der Waals surface area contributed by atoms with Crippen molar-refractivity contribution in [1.82, 2.24) is 20.2 Å². The van der Waals surface area contributed by atoms with E-state index in [1.165, 1.54) is 6.07 Å². The number of fused-ring (bicyclic) bond motifs is 1. The summed E-state index contributed by atoms with van der Waals surface area (Å²) >= 11 is 1.13. The van der Waals surface area contributed by atoms with Crippen molar-refractivity contribution in [3.05, 3.63) is 112 Å². The lowest BCUT2D eigenvalue weighted by molar-refractivity contribution is -0.120. The number of halogens is 1. The second-order valence-electron chi connectivity index (χ2n) is 8.56. The van der Waals surface area contributed by atoms with Gasteiger partial charge in [-0.2, -0.15) is 5.10 Å². The van der Waals surface area contributed by atoms with E-state index in [1.54, 1.807) is 36.5 Å².